The zero-order valence-electron chi connectivity index (χ0n) is 4.98. The van der Waals surface area contributed by atoms with Crippen molar-refractivity contribution in [3.8, 4) is 0 Å². The third-order valence-corrected chi connectivity index (χ3v) is 0.465. The fraction of sp³-hybridized carbons (Fsp3) is 0.400. The van der Waals surface area contributed by atoms with E-state index in [-0.39, 0.29) is 5.82 Å². The molecule has 0 aliphatic rings. The Morgan fingerprint density at radius 2 is 2.25 bits per heavy atom. The molecule has 0 saturated heterocycles. The number of aromatic amines is 1. The maximum absolute atomic E-state index is 11.6. The number of H-pyrrole nitrogens is 1. The van der Waals surface area contributed by atoms with Crippen LogP contribution in [0.1, 0.15) is 13.8 Å². The highest BCUT2D eigenvalue weighted by atomic mass is 19.1. The minimum atomic E-state index is -0.324. The van der Waals surface area contributed by atoms with Gasteiger partial charge < -0.3 is 0 Å². The summed E-state index contributed by atoms with van der Waals surface area (Å²) in [6.45, 7) is 4.00. The molecule has 1 aromatic heterocycles. The van der Waals surface area contributed by atoms with Crippen LogP contribution in [0, 0.1) is 5.82 Å². The van der Waals surface area contributed by atoms with Gasteiger partial charge in [0, 0.05) is 0 Å². The highest BCUT2D eigenvalue weighted by Crippen LogP contribution is 1.84. The molecule has 1 aromatic rings. The molecule has 3 heteroatoms. The fourth-order valence-corrected chi connectivity index (χ4v) is 0.235. The fourth-order valence-electron chi connectivity index (χ4n) is 0.235. The number of hydrogen-bond acceptors (Lipinski definition) is 1. The maximum atomic E-state index is 11.6. The lowest BCUT2D eigenvalue weighted by Gasteiger charge is -1.57. The minimum absolute atomic E-state index is 0.324. The van der Waals surface area contributed by atoms with Gasteiger partial charge in [0.15, 0.2) is 5.82 Å². The molecule has 0 atom stereocenters. The second-order valence-electron chi connectivity index (χ2n) is 0.917. The molecule has 0 aliphatic carbocycles. The van der Waals surface area contributed by atoms with Crippen molar-refractivity contribution in [1.29, 1.82) is 0 Å². The van der Waals surface area contributed by atoms with Crippen LogP contribution in [0.2, 0.25) is 0 Å². The second-order valence-corrected chi connectivity index (χ2v) is 0.917. The van der Waals surface area contributed by atoms with Gasteiger partial charge in [0.25, 0.3) is 0 Å². The topological polar surface area (TPSA) is 28.7 Å². The predicted octanol–water partition coefficient (Wildman–Crippen LogP) is 1.57. The number of nitrogens with one attached hydrogen (secondary N) is 1. The average molecular weight is 116 g/mol. The number of aromatic nitrogens is 2. The smallest absolute Gasteiger partial charge is 0.160 e. The van der Waals surface area contributed by atoms with Gasteiger partial charge in [-0.1, -0.05) is 13.8 Å². The summed E-state index contributed by atoms with van der Waals surface area (Å²) in [6.07, 6.45) is 2.29. The van der Waals surface area contributed by atoms with Crippen molar-refractivity contribution in [2.75, 3.05) is 0 Å². The standard InChI is InChI=1S/C3H3FN2.C2H6/c4-3-1-5-6-2-3;1-2/h1-2H,(H,5,6);1-2H3. The summed E-state index contributed by atoms with van der Waals surface area (Å²) >= 11 is 0. The lowest BCUT2D eigenvalue weighted by Crippen LogP contribution is -1.53. The van der Waals surface area contributed by atoms with Crippen molar-refractivity contribution >= 4 is 0 Å². The molecule has 1 N–H and O–H groups in total. The maximum Gasteiger partial charge on any atom is 0.160 e. The van der Waals surface area contributed by atoms with Gasteiger partial charge in [-0.25, -0.2) is 4.39 Å². The van der Waals surface area contributed by atoms with E-state index in [2.05, 4.69) is 10.2 Å². The Morgan fingerprint density at radius 1 is 1.62 bits per heavy atom. The molecule has 0 spiro atoms. The molecule has 0 aromatic carbocycles. The second kappa shape index (κ2) is 4.30. The SMILES string of the molecule is CC.Fc1cn[nH]c1. The predicted molar refractivity (Wildman–Crippen MR) is 29.9 cm³/mol. The van der Waals surface area contributed by atoms with E-state index in [0.29, 0.717) is 0 Å². The van der Waals surface area contributed by atoms with Crippen LogP contribution in [0.5, 0.6) is 0 Å². The Morgan fingerprint density at radius 3 is 2.38 bits per heavy atom. The highest BCUT2D eigenvalue weighted by Gasteiger charge is 1.80. The largest absolute Gasteiger partial charge is 0.283 e. The van der Waals surface area contributed by atoms with Crippen molar-refractivity contribution in [3.63, 3.8) is 0 Å². The minimum Gasteiger partial charge on any atom is -0.283 e. The molecule has 0 saturated carbocycles. The molecule has 46 valence electrons. The van der Waals surface area contributed by atoms with Crippen LogP contribution >= 0.6 is 0 Å². The molecule has 0 unspecified atom stereocenters. The summed E-state index contributed by atoms with van der Waals surface area (Å²) in [5, 5.41) is 5.63. The van der Waals surface area contributed by atoms with Gasteiger partial charge in [-0.15, -0.1) is 0 Å². The van der Waals surface area contributed by atoms with Crippen molar-refractivity contribution in [2.24, 2.45) is 0 Å². The summed E-state index contributed by atoms with van der Waals surface area (Å²) in [7, 11) is 0. The third kappa shape index (κ3) is 2.34. The zero-order chi connectivity index (χ0) is 6.41. The first-order chi connectivity index (χ1) is 3.89. The van der Waals surface area contributed by atoms with E-state index in [4.69, 9.17) is 0 Å². The van der Waals surface area contributed by atoms with Crippen LogP contribution in [0.4, 0.5) is 4.39 Å². The molecule has 0 aliphatic heterocycles. The van der Waals surface area contributed by atoms with E-state index in [1.807, 2.05) is 13.8 Å². The quantitative estimate of drug-likeness (QED) is 0.547. The van der Waals surface area contributed by atoms with E-state index in [0.717, 1.165) is 6.20 Å². The monoisotopic (exact) mass is 116 g/mol. The van der Waals surface area contributed by atoms with E-state index < -0.39 is 0 Å². The molecular formula is C5H9FN2. The highest BCUT2D eigenvalue weighted by molar-refractivity contribution is 4.79. The number of hydrogen-bond donors (Lipinski definition) is 1. The van der Waals surface area contributed by atoms with E-state index in [1.165, 1.54) is 6.20 Å². The average Bonchev–Trinajstić information content (AvgIpc) is 2.24. The van der Waals surface area contributed by atoms with Gasteiger partial charge in [0.1, 0.15) is 0 Å². The first kappa shape index (κ1) is 7.14. The number of rotatable bonds is 0. The van der Waals surface area contributed by atoms with Gasteiger partial charge in [0.05, 0.1) is 12.4 Å². The van der Waals surface area contributed by atoms with Crippen LogP contribution in [-0.2, 0) is 0 Å². The van der Waals surface area contributed by atoms with Gasteiger partial charge >= 0.3 is 0 Å². The summed E-state index contributed by atoms with van der Waals surface area (Å²) in [5.74, 6) is -0.324. The Bertz CT molecular complexity index is 114. The van der Waals surface area contributed by atoms with Gasteiger partial charge in [-0.05, 0) is 0 Å². The molecule has 8 heavy (non-hydrogen) atoms. The number of halogens is 1. The molecule has 1 heterocycles. The normalized spacial score (nSPS) is 7.38. The Balaban J connectivity index is 0.000000222. The van der Waals surface area contributed by atoms with E-state index in [9.17, 15) is 4.39 Å². The third-order valence-electron chi connectivity index (χ3n) is 0.465. The van der Waals surface area contributed by atoms with E-state index in [1.54, 1.807) is 0 Å². The van der Waals surface area contributed by atoms with Crippen molar-refractivity contribution in [2.45, 2.75) is 13.8 Å². The molecule has 0 radical (unpaired) electrons. The van der Waals surface area contributed by atoms with Crippen LogP contribution in [0.3, 0.4) is 0 Å². The Hall–Kier alpha value is -0.860. The van der Waals surface area contributed by atoms with Crippen molar-refractivity contribution in [3.05, 3.63) is 18.2 Å². The summed E-state index contributed by atoms with van der Waals surface area (Å²) in [4.78, 5) is 0. The first-order valence-electron chi connectivity index (χ1n) is 2.54. The lowest BCUT2D eigenvalue weighted by molar-refractivity contribution is 0.628. The van der Waals surface area contributed by atoms with Gasteiger partial charge in [-0.2, -0.15) is 5.10 Å². The summed E-state index contributed by atoms with van der Waals surface area (Å²) in [5.41, 5.74) is 0. The van der Waals surface area contributed by atoms with Crippen LogP contribution in [0.15, 0.2) is 12.4 Å². The number of nitrogens with zero attached hydrogens (tertiary/aromatic N) is 1. The molecule has 0 fully saturated rings. The first-order valence-corrected chi connectivity index (χ1v) is 2.54. The van der Waals surface area contributed by atoms with Crippen molar-refractivity contribution < 1.29 is 4.39 Å². The van der Waals surface area contributed by atoms with Crippen LogP contribution in [-0.4, -0.2) is 10.2 Å². The molecule has 0 amide bonds. The Kier molecular flexibility index (Phi) is 3.84. The van der Waals surface area contributed by atoms with Gasteiger partial charge in [0.2, 0.25) is 0 Å². The summed E-state index contributed by atoms with van der Waals surface area (Å²) < 4.78 is 11.6. The molecule has 2 nitrogen and oxygen atoms in total. The van der Waals surface area contributed by atoms with Crippen LogP contribution < -0.4 is 0 Å². The van der Waals surface area contributed by atoms with Crippen LogP contribution in [0.25, 0.3) is 0 Å². The Labute approximate surface area is 47.7 Å². The van der Waals surface area contributed by atoms with Crippen molar-refractivity contribution in [1.82, 2.24) is 10.2 Å². The lowest BCUT2D eigenvalue weighted by atomic mass is 10.7. The molecule has 0 bridgehead atoms. The summed E-state index contributed by atoms with van der Waals surface area (Å²) in [6, 6.07) is 0. The molecule has 1 rings (SSSR count). The zero-order valence-corrected chi connectivity index (χ0v) is 4.98. The molecular weight excluding hydrogens is 107 g/mol. The van der Waals surface area contributed by atoms with E-state index >= 15 is 0 Å². The van der Waals surface area contributed by atoms with Gasteiger partial charge in [-0.3, -0.25) is 5.10 Å².